The molecule has 0 aliphatic heterocycles. The van der Waals surface area contributed by atoms with Crippen LogP contribution in [0.2, 0.25) is 0 Å². The maximum Gasteiger partial charge on any atom is 0.338 e. The summed E-state index contributed by atoms with van der Waals surface area (Å²) in [6.07, 6.45) is 0.692. The first-order valence-corrected chi connectivity index (χ1v) is 5.02. The standard InChI is InChI=1S/C12H14N2O2/c1-3-8-5-11(12(15)16-2)10(7-14)4-9(8)6-13/h4-5H,3,7,14H2,1-2H3. The van der Waals surface area contributed by atoms with Gasteiger partial charge >= 0.3 is 5.97 Å². The van der Waals surface area contributed by atoms with E-state index in [9.17, 15) is 4.79 Å². The lowest BCUT2D eigenvalue weighted by molar-refractivity contribution is 0.0599. The summed E-state index contributed by atoms with van der Waals surface area (Å²) >= 11 is 0. The van der Waals surface area contributed by atoms with Crippen molar-refractivity contribution in [3.05, 3.63) is 34.4 Å². The molecule has 0 heterocycles. The predicted molar refractivity (Wildman–Crippen MR) is 59.8 cm³/mol. The summed E-state index contributed by atoms with van der Waals surface area (Å²) in [7, 11) is 1.33. The first-order chi connectivity index (χ1) is 7.67. The van der Waals surface area contributed by atoms with Crippen LogP contribution in [0.3, 0.4) is 0 Å². The molecular weight excluding hydrogens is 204 g/mol. The van der Waals surface area contributed by atoms with Crippen LogP contribution in [0.5, 0.6) is 0 Å². The highest BCUT2D eigenvalue weighted by molar-refractivity contribution is 5.91. The van der Waals surface area contributed by atoms with Gasteiger partial charge in [0.25, 0.3) is 0 Å². The number of nitrogens with two attached hydrogens (primary N) is 1. The second-order valence-electron chi connectivity index (χ2n) is 3.33. The molecule has 0 atom stereocenters. The molecule has 0 aliphatic carbocycles. The van der Waals surface area contributed by atoms with E-state index in [1.165, 1.54) is 7.11 Å². The largest absolute Gasteiger partial charge is 0.465 e. The van der Waals surface area contributed by atoms with Crippen molar-refractivity contribution >= 4 is 5.97 Å². The first kappa shape index (κ1) is 12.2. The molecule has 0 fully saturated rings. The van der Waals surface area contributed by atoms with Gasteiger partial charge in [-0.05, 0) is 29.7 Å². The van der Waals surface area contributed by atoms with Gasteiger partial charge in [0.05, 0.1) is 24.3 Å². The minimum atomic E-state index is -0.417. The lowest BCUT2D eigenvalue weighted by Crippen LogP contribution is -2.10. The zero-order valence-electron chi connectivity index (χ0n) is 9.41. The number of rotatable bonds is 3. The van der Waals surface area contributed by atoms with Crippen LogP contribution in [-0.4, -0.2) is 13.1 Å². The topological polar surface area (TPSA) is 76.1 Å². The van der Waals surface area contributed by atoms with Crippen molar-refractivity contribution < 1.29 is 9.53 Å². The molecule has 0 radical (unpaired) electrons. The summed E-state index contributed by atoms with van der Waals surface area (Å²) in [6, 6.07) is 5.44. The molecule has 2 N–H and O–H groups in total. The Morgan fingerprint density at radius 1 is 1.50 bits per heavy atom. The number of aryl methyl sites for hydroxylation is 1. The molecular formula is C12H14N2O2. The number of hydrogen-bond acceptors (Lipinski definition) is 4. The van der Waals surface area contributed by atoms with E-state index in [0.717, 1.165) is 5.56 Å². The molecule has 16 heavy (non-hydrogen) atoms. The van der Waals surface area contributed by atoms with Crippen LogP contribution in [0, 0.1) is 11.3 Å². The van der Waals surface area contributed by atoms with E-state index >= 15 is 0 Å². The molecule has 0 aromatic heterocycles. The van der Waals surface area contributed by atoms with Crippen molar-refractivity contribution in [2.24, 2.45) is 5.73 Å². The Balaban J connectivity index is 3.38. The third-order valence-electron chi connectivity index (χ3n) is 2.46. The van der Waals surface area contributed by atoms with Crippen molar-refractivity contribution in [2.45, 2.75) is 19.9 Å². The molecule has 1 aromatic carbocycles. The Bertz CT molecular complexity index is 447. The summed E-state index contributed by atoms with van der Waals surface area (Å²) in [5, 5.41) is 8.95. The fraction of sp³-hybridized carbons (Fsp3) is 0.333. The molecule has 1 rings (SSSR count). The van der Waals surface area contributed by atoms with E-state index < -0.39 is 5.97 Å². The fourth-order valence-electron chi connectivity index (χ4n) is 1.55. The third-order valence-corrected chi connectivity index (χ3v) is 2.46. The molecule has 0 aliphatic rings. The average molecular weight is 218 g/mol. The van der Waals surface area contributed by atoms with Crippen LogP contribution < -0.4 is 5.73 Å². The zero-order chi connectivity index (χ0) is 12.1. The molecule has 0 unspecified atom stereocenters. The summed E-state index contributed by atoms with van der Waals surface area (Å²) < 4.78 is 4.67. The summed E-state index contributed by atoms with van der Waals surface area (Å²) in [5.74, 6) is -0.417. The first-order valence-electron chi connectivity index (χ1n) is 5.02. The van der Waals surface area contributed by atoms with Crippen LogP contribution in [-0.2, 0) is 17.7 Å². The number of esters is 1. The number of carbonyl (C=O) groups excluding carboxylic acids is 1. The number of carbonyl (C=O) groups is 1. The van der Waals surface area contributed by atoms with Gasteiger partial charge in [-0.1, -0.05) is 6.92 Å². The normalized spacial score (nSPS) is 9.62. The Morgan fingerprint density at radius 3 is 2.62 bits per heavy atom. The van der Waals surface area contributed by atoms with Crippen LogP contribution >= 0.6 is 0 Å². The van der Waals surface area contributed by atoms with Crippen LogP contribution in [0.15, 0.2) is 12.1 Å². The Labute approximate surface area is 94.6 Å². The Hall–Kier alpha value is -1.86. The molecule has 84 valence electrons. The van der Waals surface area contributed by atoms with E-state index in [2.05, 4.69) is 10.8 Å². The minimum Gasteiger partial charge on any atom is -0.465 e. The SMILES string of the molecule is CCc1cc(C(=O)OC)c(CN)cc1C#N. The van der Waals surface area contributed by atoms with Gasteiger partial charge in [0, 0.05) is 6.54 Å². The summed E-state index contributed by atoms with van der Waals surface area (Å²) in [4.78, 5) is 11.5. The predicted octanol–water partition coefficient (Wildman–Crippen LogP) is 1.37. The van der Waals surface area contributed by atoms with E-state index in [-0.39, 0.29) is 6.54 Å². The molecule has 0 saturated carbocycles. The fourth-order valence-corrected chi connectivity index (χ4v) is 1.55. The number of nitriles is 1. The van der Waals surface area contributed by atoms with Crippen LogP contribution in [0.25, 0.3) is 0 Å². The minimum absolute atomic E-state index is 0.211. The van der Waals surface area contributed by atoms with E-state index in [4.69, 9.17) is 11.0 Å². The quantitative estimate of drug-likeness (QED) is 0.777. The van der Waals surface area contributed by atoms with Gasteiger partial charge in [0.1, 0.15) is 0 Å². The van der Waals surface area contributed by atoms with Crippen molar-refractivity contribution in [3.8, 4) is 6.07 Å². The van der Waals surface area contributed by atoms with Crippen molar-refractivity contribution in [1.29, 1.82) is 5.26 Å². The number of nitrogens with zero attached hydrogens (tertiary/aromatic N) is 1. The van der Waals surface area contributed by atoms with Crippen molar-refractivity contribution in [3.63, 3.8) is 0 Å². The lowest BCUT2D eigenvalue weighted by Gasteiger charge is -2.09. The zero-order valence-corrected chi connectivity index (χ0v) is 9.41. The number of hydrogen-bond donors (Lipinski definition) is 1. The monoisotopic (exact) mass is 218 g/mol. The maximum atomic E-state index is 11.5. The average Bonchev–Trinajstić information content (AvgIpc) is 2.35. The number of methoxy groups -OCH3 is 1. The second-order valence-corrected chi connectivity index (χ2v) is 3.33. The molecule has 4 nitrogen and oxygen atoms in total. The highest BCUT2D eigenvalue weighted by Crippen LogP contribution is 2.18. The molecule has 4 heteroatoms. The van der Waals surface area contributed by atoms with Gasteiger partial charge in [-0.2, -0.15) is 5.26 Å². The lowest BCUT2D eigenvalue weighted by atomic mass is 9.97. The number of ether oxygens (including phenoxy) is 1. The molecule has 0 saturated heterocycles. The summed E-state index contributed by atoms with van der Waals surface area (Å²) in [6.45, 7) is 2.14. The Kier molecular flexibility index (Phi) is 4.03. The summed E-state index contributed by atoms with van der Waals surface area (Å²) in [5.41, 5.74) is 8.02. The van der Waals surface area contributed by atoms with Crippen LogP contribution in [0.4, 0.5) is 0 Å². The number of benzene rings is 1. The highest BCUT2D eigenvalue weighted by atomic mass is 16.5. The van der Waals surface area contributed by atoms with Gasteiger partial charge in [0.15, 0.2) is 0 Å². The third kappa shape index (κ3) is 2.20. The van der Waals surface area contributed by atoms with Crippen LogP contribution in [0.1, 0.15) is 34.0 Å². The van der Waals surface area contributed by atoms with Crippen molar-refractivity contribution in [1.82, 2.24) is 0 Å². The van der Waals surface area contributed by atoms with Gasteiger partial charge in [-0.15, -0.1) is 0 Å². The van der Waals surface area contributed by atoms with E-state index in [0.29, 0.717) is 23.1 Å². The van der Waals surface area contributed by atoms with Gasteiger partial charge in [-0.25, -0.2) is 4.79 Å². The smallest absolute Gasteiger partial charge is 0.338 e. The molecule has 0 bridgehead atoms. The van der Waals surface area contributed by atoms with Gasteiger partial charge < -0.3 is 10.5 Å². The van der Waals surface area contributed by atoms with Gasteiger partial charge in [0.2, 0.25) is 0 Å². The van der Waals surface area contributed by atoms with Gasteiger partial charge in [-0.3, -0.25) is 0 Å². The highest BCUT2D eigenvalue weighted by Gasteiger charge is 2.14. The molecule has 0 spiro atoms. The Morgan fingerprint density at radius 2 is 2.19 bits per heavy atom. The van der Waals surface area contributed by atoms with E-state index in [1.807, 2.05) is 6.92 Å². The maximum absolute atomic E-state index is 11.5. The molecule has 0 amide bonds. The van der Waals surface area contributed by atoms with E-state index in [1.54, 1.807) is 12.1 Å². The molecule has 1 aromatic rings. The second kappa shape index (κ2) is 5.29. The van der Waals surface area contributed by atoms with Crippen molar-refractivity contribution in [2.75, 3.05) is 7.11 Å².